The maximum absolute atomic E-state index is 11.5. The number of carbonyl (C=O) groups excluding carboxylic acids is 2. The van der Waals surface area contributed by atoms with Crippen LogP contribution < -0.4 is 16.4 Å². The number of aromatic nitrogens is 3. The van der Waals surface area contributed by atoms with Gasteiger partial charge in [0, 0.05) is 20.0 Å². The number of carbonyl (C=O) groups is 3. The van der Waals surface area contributed by atoms with Gasteiger partial charge >= 0.3 is 12.0 Å². The molecule has 1 aromatic heterocycles. The topological polar surface area (TPSA) is 152 Å². The van der Waals surface area contributed by atoms with Gasteiger partial charge < -0.3 is 21.5 Å². The van der Waals surface area contributed by atoms with E-state index < -0.39 is 30.4 Å². The van der Waals surface area contributed by atoms with Crippen LogP contribution in [-0.2, 0) is 23.1 Å². The number of nitrogens with zero attached hydrogens (tertiary/aromatic N) is 3. The van der Waals surface area contributed by atoms with Crippen LogP contribution in [0.3, 0.4) is 0 Å². The Bertz CT molecular complexity index is 500. The molecule has 0 saturated heterocycles. The molecule has 10 heteroatoms. The lowest BCUT2D eigenvalue weighted by molar-refractivity contribution is -0.140. The van der Waals surface area contributed by atoms with Gasteiger partial charge in [-0.05, 0) is 0 Å². The van der Waals surface area contributed by atoms with Crippen molar-refractivity contribution in [2.24, 2.45) is 12.8 Å². The molecule has 0 aliphatic rings. The van der Waals surface area contributed by atoms with Crippen LogP contribution in [0.4, 0.5) is 4.79 Å². The lowest BCUT2D eigenvalue weighted by Crippen LogP contribution is -2.48. The second-order valence-corrected chi connectivity index (χ2v) is 4.05. The van der Waals surface area contributed by atoms with Crippen molar-refractivity contribution in [1.29, 1.82) is 0 Å². The Hall–Kier alpha value is -2.65. The minimum absolute atomic E-state index is 0.235. The van der Waals surface area contributed by atoms with Crippen LogP contribution in [0.2, 0.25) is 0 Å². The van der Waals surface area contributed by atoms with Gasteiger partial charge in [0.15, 0.2) is 5.82 Å². The molecule has 0 radical (unpaired) electrons. The standard InChI is InChI=1S/C10H16N6O4/c1-16-5-13-8(15-16)2-3-12-10(20)14-6(9(18)19)4-7(11)17/h5-6H,2-4H2,1H3,(H2,11,17)(H,18,19)(H2,12,14,20)/t6-/m0/s1. The number of nitrogens with two attached hydrogens (primary N) is 1. The average Bonchev–Trinajstić information content (AvgIpc) is 2.73. The number of primary amides is 1. The summed E-state index contributed by atoms with van der Waals surface area (Å²) >= 11 is 0. The summed E-state index contributed by atoms with van der Waals surface area (Å²) in [5.74, 6) is -1.58. The summed E-state index contributed by atoms with van der Waals surface area (Å²) in [5.41, 5.74) is 4.89. The molecule has 10 nitrogen and oxygen atoms in total. The zero-order chi connectivity index (χ0) is 15.1. The first-order chi connectivity index (χ1) is 9.38. The third kappa shape index (κ3) is 5.33. The zero-order valence-electron chi connectivity index (χ0n) is 10.9. The highest BCUT2D eigenvalue weighted by molar-refractivity contribution is 5.87. The van der Waals surface area contributed by atoms with E-state index in [4.69, 9.17) is 10.8 Å². The van der Waals surface area contributed by atoms with Gasteiger partial charge in [-0.3, -0.25) is 9.48 Å². The molecule has 1 aromatic rings. The molecule has 0 aliphatic heterocycles. The minimum atomic E-state index is -1.35. The minimum Gasteiger partial charge on any atom is -0.480 e. The number of carboxylic acids is 1. The number of aryl methyl sites for hydroxylation is 1. The van der Waals surface area contributed by atoms with Crippen molar-refractivity contribution >= 4 is 17.9 Å². The number of carboxylic acid groups (broad SMARTS) is 1. The van der Waals surface area contributed by atoms with E-state index in [0.29, 0.717) is 12.2 Å². The first kappa shape index (κ1) is 15.4. The van der Waals surface area contributed by atoms with Crippen LogP contribution >= 0.6 is 0 Å². The molecule has 0 unspecified atom stereocenters. The van der Waals surface area contributed by atoms with E-state index in [-0.39, 0.29) is 6.54 Å². The predicted molar refractivity (Wildman–Crippen MR) is 66.5 cm³/mol. The maximum atomic E-state index is 11.5. The Balaban J connectivity index is 2.34. The lowest BCUT2D eigenvalue weighted by Gasteiger charge is -2.13. The van der Waals surface area contributed by atoms with Gasteiger partial charge in [-0.1, -0.05) is 0 Å². The molecule has 110 valence electrons. The van der Waals surface area contributed by atoms with Crippen molar-refractivity contribution in [3.05, 3.63) is 12.2 Å². The molecule has 20 heavy (non-hydrogen) atoms. The molecular weight excluding hydrogens is 268 g/mol. The summed E-state index contributed by atoms with van der Waals surface area (Å²) in [4.78, 5) is 36.9. The number of urea groups is 1. The monoisotopic (exact) mass is 284 g/mol. The maximum Gasteiger partial charge on any atom is 0.326 e. The number of aliphatic carboxylic acids is 1. The first-order valence-corrected chi connectivity index (χ1v) is 5.78. The van der Waals surface area contributed by atoms with Crippen molar-refractivity contribution in [3.8, 4) is 0 Å². The molecule has 1 heterocycles. The number of amides is 3. The third-order valence-corrected chi connectivity index (χ3v) is 2.29. The molecule has 0 spiro atoms. The van der Waals surface area contributed by atoms with E-state index in [1.54, 1.807) is 7.05 Å². The average molecular weight is 284 g/mol. The fourth-order valence-corrected chi connectivity index (χ4v) is 1.40. The molecule has 0 saturated carbocycles. The molecule has 3 amide bonds. The number of hydrogen-bond acceptors (Lipinski definition) is 5. The molecule has 1 rings (SSSR count). The van der Waals surface area contributed by atoms with Gasteiger partial charge in [0.1, 0.15) is 12.4 Å². The largest absolute Gasteiger partial charge is 0.480 e. The van der Waals surface area contributed by atoms with Gasteiger partial charge in [-0.25, -0.2) is 14.6 Å². The van der Waals surface area contributed by atoms with E-state index in [0.717, 1.165) is 0 Å². The number of nitrogens with one attached hydrogen (secondary N) is 2. The van der Waals surface area contributed by atoms with Crippen LogP contribution in [0.25, 0.3) is 0 Å². The number of hydrogen-bond donors (Lipinski definition) is 4. The summed E-state index contributed by atoms with van der Waals surface area (Å²) in [6, 6.07) is -2.05. The summed E-state index contributed by atoms with van der Waals surface area (Å²) < 4.78 is 1.53. The Morgan fingerprint density at radius 1 is 1.50 bits per heavy atom. The van der Waals surface area contributed by atoms with Gasteiger partial charge in [0.2, 0.25) is 5.91 Å². The lowest BCUT2D eigenvalue weighted by atomic mass is 10.2. The molecule has 0 bridgehead atoms. The van der Waals surface area contributed by atoms with Gasteiger partial charge in [-0.15, -0.1) is 0 Å². The Morgan fingerprint density at radius 3 is 2.70 bits per heavy atom. The van der Waals surface area contributed by atoms with E-state index in [1.165, 1.54) is 11.0 Å². The van der Waals surface area contributed by atoms with Crippen molar-refractivity contribution in [1.82, 2.24) is 25.4 Å². The fourth-order valence-electron chi connectivity index (χ4n) is 1.40. The Morgan fingerprint density at radius 2 is 2.20 bits per heavy atom. The van der Waals surface area contributed by atoms with E-state index in [1.807, 2.05) is 0 Å². The summed E-state index contributed by atoms with van der Waals surface area (Å²) in [6.07, 6.45) is 1.47. The third-order valence-electron chi connectivity index (χ3n) is 2.29. The van der Waals surface area contributed by atoms with Crippen LogP contribution in [0, 0.1) is 0 Å². The molecule has 1 atom stereocenters. The van der Waals surface area contributed by atoms with E-state index in [9.17, 15) is 14.4 Å². The van der Waals surface area contributed by atoms with Crippen LogP contribution in [0.1, 0.15) is 12.2 Å². The molecule has 5 N–H and O–H groups in total. The van der Waals surface area contributed by atoms with Gasteiger partial charge in [0.25, 0.3) is 0 Å². The van der Waals surface area contributed by atoms with Crippen LogP contribution in [0.5, 0.6) is 0 Å². The second kappa shape index (κ2) is 7.07. The summed E-state index contributed by atoms with van der Waals surface area (Å²) in [6.45, 7) is 0.235. The van der Waals surface area contributed by atoms with Crippen molar-refractivity contribution in [2.75, 3.05) is 6.54 Å². The highest BCUT2D eigenvalue weighted by Gasteiger charge is 2.21. The van der Waals surface area contributed by atoms with Gasteiger partial charge in [-0.2, -0.15) is 5.10 Å². The highest BCUT2D eigenvalue weighted by Crippen LogP contribution is 1.92. The summed E-state index contributed by atoms with van der Waals surface area (Å²) in [5, 5.41) is 17.4. The normalized spacial score (nSPS) is 11.7. The first-order valence-electron chi connectivity index (χ1n) is 5.78. The molecular formula is C10H16N6O4. The predicted octanol–water partition coefficient (Wildman–Crippen LogP) is -2.01. The summed E-state index contributed by atoms with van der Waals surface area (Å²) in [7, 11) is 1.72. The van der Waals surface area contributed by atoms with E-state index >= 15 is 0 Å². The van der Waals surface area contributed by atoms with Crippen LogP contribution in [-0.4, -0.2) is 50.4 Å². The fraction of sp³-hybridized carbons (Fsp3) is 0.500. The van der Waals surface area contributed by atoms with Crippen LogP contribution in [0.15, 0.2) is 6.33 Å². The van der Waals surface area contributed by atoms with Gasteiger partial charge in [0.05, 0.1) is 6.42 Å². The Kier molecular flexibility index (Phi) is 5.44. The Labute approximate surface area is 114 Å². The second-order valence-electron chi connectivity index (χ2n) is 4.05. The smallest absolute Gasteiger partial charge is 0.326 e. The number of rotatable bonds is 7. The quantitative estimate of drug-likeness (QED) is 0.453. The highest BCUT2D eigenvalue weighted by atomic mass is 16.4. The SMILES string of the molecule is Cn1cnc(CCNC(=O)N[C@@H](CC(N)=O)C(=O)O)n1. The molecule has 0 fully saturated rings. The van der Waals surface area contributed by atoms with E-state index in [2.05, 4.69) is 20.7 Å². The molecule has 0 aromatic carbocycles. The van der Waals surface area contributed by atoms with Crippen molar-refractivity contribution in [3.63, 3.8) is 0 Å². The zero-order valence-corrected chi connectivity index (χ0v) is 10.9. The molecule has 0 aliphatic carbocycles. The van der Waals surface area contributed by atoms with Crippen molar-refractivity contribution in [2.45, 2.75) is 18.9 Å². The van der Waals surface area contributed by atoms with Crippen molar-refractivity contribution < 1.29 is 19.5 Å².